The van der Waals surface area contributed by atoms with Gasteiger partial charge >= 0.3 is 6.03 Å². The number of benzene rings is 2. The molecule has 0 aliphatic heterocycles. The number of aryl methyl sites for hydroxylation is 1. The lowest BCUT2D eigenvalue weighted by atomic mass is 10.2. The van der Waals surface area contributed by atoms with E-state index < -0.39 is 6.03 Å². The first kappa shape index (κ1) is 21.4. The summed E-state index contributed by atoms with van der Waals surface area (Å²) >= 11 is 6.28. The maximum atomic E-state index is 10.6. The number of nitrogens with one attached hydrogen (secondary N) is 1. The zero-order chi connectivity index (χ0) is 20.4. The number of ether oxygens (including phenoxy) is 3. The molecule has 0 aliphatic carbocycles. The number of hydrogen-bond donors (Lipinski definition) is 2. The molecule has 0 atom stereocenters. The van der Waals surface area contributed by atoms with Gasteiger partial charge < -0.3 is 19.9 Å². The van der Waals surface area contributed by atoms with Gasteiger partial charge in [-0.3, -0.25) is 0 Å². The van der Waals surface area contributed by atoms with Gasteiger partial charge in [-0.1, -0.05) is 30.7 Å². The van der Waals surface area contributed by atoms with Gasteiger partial charge in [0.1, 0.15) is 5.75 Å². The maximum Gasteiger partial charge on any atom is 0.332 e. The van der Waals surface area contributed by atoms with Crippen LogP contribution in [0.15, 0.2) is 41.5 Å². The molecule has 0 bridgehead atoms. The van der Waals surface area contributed by atoms with Crippen LogP contribution in [0.1, 0.15) is 24.5 Å². The van der Waals surface area contributed by atoms with Crippen molar-refractivity contribution in [2.24, 2.45) is 10.8 Å². The van der Waals surface area contributed by atoms with E-state index in [1.807, 2.05) is 12.1 Å². The van der Waals surface area contributed by atoms with Crippen molar-refractivity contribution in [3.05, 3.63) is 52.5 Å². The van der Waals surface area contributed by atoms with Crippen LogP contribution < -0.4 is 25.4 Å². The van der Waals surface area contributed by atoms with E-state index >= 15 is 0 Å². The molecule has 0 aromatic heterocycles. The van der Waals surface area contributed by atoms with E-state index in [1.54, 1.807) is 12.1 Å². The van der Waals surface area contributed by atoms with Crippen molar-refractivity contribution in [3.8, 4) is 17.2 Å². The van der Waals surface area contributed by atoms with E-state index in [1.165, 1.54) is 18.9 Å². The molecular formula is C20H24ClN3O4. The molecule has 2 rings (SSSR count). The molecule has 8 heteroatoms. The Balaban J connectivity index is 1.86. The average Bonchev–Trinajstić information content (AvgIpc) is 2.69. The van der Waals surface area contributed by atoms with Crippen molar-refractivity contribution < 1.29 is 19.0 Å². The quantitative estimate of drug-likeness (QED) is 0.357. The molecule has 3 N–H and O–H groups in total. The third kappa shape index (κ3) is 6.66. The first-order valence-electron chi connectivity index (χ1n) is 8.84. The zero-order valence-corrected chi connectivity index (χ0v) is 16.7. The number of urea groups is 1. The molecule has 2 amide bonds. The van der Waals surface area contributed by atoms with Crippen molar-refractivity contribution in [1.82, 2.24) is 5.43 Å². The van der Waals surface area contributed by atoms with Gasteiger partial charge in [0, 0.05) is 6.42 Å². The second kappa shape index (κ2) is 11.0. The molecule has 7 nitrogen and oxygen atoms in total. The van der Waals surface area contributed by atoms with Gasteiger partial charge in [0.2, 0.25) is 0 Å². The van der Waals surface area contributed by atoms with Crippen LogP contribution in [0.2, 0.25) is 5.02 Å². The minimum Gasteiger partial charge on any atom is -0.493 e. The van der Waals surface area contributed by atoms with Crippen LogP contribution in [0, 0.1) is 0 Å². The Morgan fingerprint density at radius 2 is 1.93 bits per heavy atom. The van der Waals surface area contributed by atoms with Crippen molar-refractivity contribution >= 4 is 23.8 Å². The second-order valence-electron chi connectivity index (χ2n) is 5.82. The van der Waals surface area contributed by atoms with E-state index in [4.69, 9.17) is 31.5 Å². The number of carbonyl (C=O) groups is 1. The number of nitrogens with zero attached hydrogens (tertiary/aromatic N) is 1. The third-order valence-electron chi connectivity index (χ3n) is 3.78. The summed E-state index contributed by atoms with van der Waals surface area (Å²) in [6, 6.07) is 10.6. The fourth-order valence-corrected chi connectivity index (χ4v) is 2.64. The monoisotopic (exact) mass is 405 g/mol. The molecule has 0 saturated heterocycles. The van der Waals surface area contributed by atoms with Crippen LogP contribution in [0.4, 0.5) is 4.79 Å². The highest BCUT2D eigenvalue weighted by atomic mass is 35.5. The Bertz CT molecular complexity index is 810. The highest BCUT2D eigenvalue weighted by Gasteiger charge is 2.11. The summed E-state index contributed by atoms with van der Waals surface area (Å²) in [5, 5.41) is 4.06. The summed E-state index contributed by atoms with van der Waals surface area (Å²) < 4.78 is 16.8. The normalized spacial score (nSPS) is 10.7. The number of nitrogens with two attached hydrogens (primary N) is 1. The Hall–Kier alpha value is -2.93. The van der Waals surface area contributed by atoms with E-state index in [0.717, 1.165) is 12.2 Å². The predicted molar refractivity (Wildman–Crippen MR) is 110 cm³/mol. The van der Waals surface area contributed by atoms with E-state index in [-0.39, 0.29) is 0 Å². The topological polar surface area (TPSA) is 95.2 Å². The number of amides is 2. The molecule has 0 radical (unpaired) electrons. The van der Waals surface area contributed by atoms with Crippen LogP contribution in [0.3, 0.4) is 0 Å². The van der Waals surface area contributed by atoms with Crippen molar-refractivity contribution in [2.45, 2.75) is 19.8 Å². The van der Waals surface area contributed by atoms with Crippen molar-refractivity contribution in [3.63, 3.8) is 0 Å². The van der Waals surface area contributed by atoms with Crippen LogP contribution >= 0.6 is 11.6 Å². The van der Waals surface area contributed by atoms with Crippen LogP contribution in [0.25, 0.3) is 0 Å². The van der Waals surface area contributed by atoms with Crippen LogP contribution in [0.5, 0.6) is 17.2 Å². The van der Waals surface area contributed by atoms with E-state index in [9.17, 15) is 4.79 Å². The highest BCUT2D eigenvalue weighted by Crippen LogP contribution is 2.36. The smallest absolute Gasteiger partial charge is 0.332 e. The number of rotatable bonds is 10. The van der Waals surface area contributed by atoms with Gasteiger partial charge in [-0.15, -0.1) is 0 Å². The largest absolute Gasteiger partial charge is 0.493 e. The van der Waals surface area contributed by atoms with E-state index in [2.05, 4.69) is 29.6 Å². The summed E-state index contributed by atoms with van der Waals surface area (Å²) in [5.74, 6) is 1.74. The van der Waals surface area contributed by atoms with Crippen LogP contribution in [-0.4, -0.2) is 32.6 Å². The summed E-state index contributed by atoms with van der Waals surface area (Å²) in [5.41, 5.74) is 8.97. The third-order valence-corrected chi connectivity index (χ3v) is 4.06. The number of carbonyl (C=O) groups excluding carboxylic acids is 1. The summed E-state index contributed by atoms with van der Waals surface area (Å²) in [6.45, 7) is 3.05. The lowest BCUT2D eigenvalue weighted by Crippen LogP contribution is -2.24. The lowest BCUT2D eigenvalue weighted by molar-refractivity contribution is 0.240. The molecule has 0 saturated carbocycles. The van der Waals surface area contributed by atoms with Gasteiger partial charge in [0.15, 0.2) is 11.5 Å². The molecule has 2 aromatic carbocycles. The predicted octanol–water partition coefficient (Wildman–Crippen LogP) is 3.76. The molecule has 0 fully saturated rings. The number of hydrogen-bond acceptors (Lipinski definition) is 5. The van der Waals surface area contributed by atoms with Gasteiger partial charge in [0.25, 0.3) is 0 Å². The fourth-order valence-electron chi connectivity index (χ4n) is 2.37. The minimum atomic E-state index is -0.752. The first-order chi connectivity index (χ1) is 13.5. The number of primary amides is 1. The Morgan fingerprint density at radius 1 is 1.21 bits per heavy atom. The Kier molecular flexibility index (Phi) is 8.42. The molecular weight excluding hydrogens is 382 g/mol. The van der Waals surface area contributed by atoms with Gasteiger partial charge in [-0.25, -0.2) is 10.2 Å². The number of methoxy groups -OCH3 is 1. The zero-order valence-electron chi connectivity index (χ0n) is 15.9. The standard InChI is InChI=1S/C20H24ClN3O4/c1-3-14-5-7-16(8-6-14)27-9-4-10-28-19-17(21)11-15(12-18(19)26-2)13-23-24-20(22)25/h5-8,11-13H,3-4,9-10H2,1-2H3,(H3,22,24,25)/b23-13+. The Labute approximate surface area is 169 Å². The van der Waals surface area contributed by atoms with Crippen LogP contribution in [-0.2, 0) is 6.42 Å². The number of halogens is 1. The Morgan fingerprint density at radius 3 is 2.57 bits per heavy atom. The van der Waals surface area contributed by atoms with Gasteiger partial charge in [-0.2, -0.15) is 5.10 Å². The molecule has 28 heavy (non-hydrogen) atoms. The molecule has 0 heterocycles. The molecule has 0 aliphatic rings. The minimum absolute atomic E-state index is 0.371. The lowest BCUT2D eigenvalue weighted by Gasteiger charge is -2.13. The molecule has 0 unspecified atom stereocenters. The van der Waals surface area contributed by atoms with E-state index in [0.29, 0.717) is 41.7 Å². The highest BCUT2D eigenvalue weighted by molar-refractivity contribution is 6.32. The van der Waals surface area contributed by atoms with Crippen molar-refractivity contribution in [2.75, 3.05) is 20.3 Å². The van der Waals surface area contributed by atoms with Crippen molar-refractivity contribution in [1.29, 1.82) is 0 Å². The summed E-state index contributed by atoms with van der Waals surface area (Å²) in [4.78, 5) is 10.6. The molecule has 0 spiro atoms. The molecule has 150 valence electrons. The van der Waals surface area contributed by atoms with Gasteiger partial charge in [0.05, 0.1) is 31.6 Å². The fraction of sp³-hybridized carbons (Fsp3) is 0.300. The number of hydrazone groups is 1. The first-order valence-corrected chi connectivity index (χ1v) is 9.21. The second-order valence-corrected chi connectivity index (χ2v) is 6.22. The maximum absolute atomic E-state index is 10.6. The SMILES string of the molecule is CCc1ccc(OCCCOc2c(Cl)cc(/C=N/NC(N)=O)cc2OC)cc1. The average molecular weight is 406 g/mol. The summed E-state index contributed by atoms with van der Waals surface area (Å²) in [7, 11) is 1.52. The molecule has 2 aromatic rings. The van der Waals surface area contributed by atoms with Gasteiger partial charge in [-0.05, 0) is 41.8 Å². The summed E-state index contributed by atoms with van der Waals surface area (Å²) in [6.07, 6.45) is 3.09.